The molecule has 0 fully saturated rings. The second kappa shape index (κ2) is 5.45. The van der Waals surface area contributed by atoms with Crippen molar-refractivity contribution in [3.05, 3.63) is 13.6 Å². The van der Waals surface area contributed by atoms with Crippen LogP contribution >= 0.6 is 43.2 Å². The molecule has 0 aliphatic carbocycles. The molecule has 92 valence electrons. The van der Waals surface area contributed by atoms with E-state index in [1.54, 1.807) is 13.0 Å². The Kier molecular flexibility index (Phi) is 4.97. The minimum atomic E-state index is -3.55. The summed E-state index contributed by atoms with van der Waals surface area (Å²) < 4.78 is 26.7. The van der Waals surface area contributed by atoms with Gasteiger partial charge in [-0.1, -0.05) is 0 Å². The van der Waals surface area contributed by atoms with E-state index in [4.69, 9.17) is 5.11 Å². The summed E-state index contributed by atoms with van der Waals surface area (Å²) in [5.41, 5.74) is 0. The standard InChI is InChI=1S/C8H11Br2NO3S2/c1-5(4-12)11(2)16(13,14)6-3-7(9)15-8(6)10/h3,5,12H,4H2,1-2H3. The maximum absolute atomic E-state index is 12.1. The third-order valence-corrected chi connectivity index (χ3v) is 6.89. The van der Waals surface area contributed by atoms with E-state index >= 15 is 0 Å². The molecule has 4 nitrogen and oxygen atoms in total. The van der Waals surface area contributed by atoms with Gasteiger partial charge in [-0.15, -0.1) is 11.3 Å². The molecule has 1 aromatic heterocycles. The zero-order chi connectivity index (χ0) is 12.5. The zero-order valence-electron chi connectivity index (χ0n) is 8.65. The van der Waals surface area contributed by atoms with Crippen LogP contribution in [-0.4, -0.2) is 37.5 Å². The Hall–Kier alpha value is 0.530. The van der Waals surface area contributed by atoms with E-state index in [9.17, 15) is 8.42 Å². The predicted octanol–water partition coefficient (Wildman–Crippen LogP) is 2.27. The number of hydrogen-bond donors (Lipinski definition) is 1. The lowest BCUT2D eigenvalue weighted by molar-refractivity contribution is 0.214. The number of hydrogen-bond acceptors (Lipinski definition) is 4. The third kappa shape index (κ3) is 2.85. The van der Waals surface area contributed by atoms with Gasteiger partial charge in [0, 0.05) is 13.1 Å². The molecule has 0 aromatic carbocycles. The first-order valence-electron chi connectivity index (χ1n) is 4.34. The Morgan fingerprint density at radius 1 is 1.56 bits per heavy atom. The monoisotopic (exact) mass is 391 g/mol. The molecular formula is C8H11Br2NO3S2. The van der Waals surface area contributed by atoms with Gasteiger partial charge in [0.15, 0.2) is 0 Å². The highest BCUT2D eigenvalue weighted by molar-refractivity contribution is 9.12. The van der Waals surface area contributed by atoms with E-state index in [0.717, 1.165) is 8.09 Å². The number of aliphatic hydroxyl groups is 1. The summed E-state index contributed by atoms with van der Waals surface area (Å²) in [4.78, 5) is 0.215. The molecule has 0 saturated carbocycles. The van der Waals surface area contributed by atoms with Gasteiger partial charge in [-0.05, 0) is 44.8 Å². The lowest BCUT2D eigenvalue weighted by Crippen LogP contribution is -2.37. The number of aliphatic hydroxyl groups excluding tert-OH is 1. The fourth-order valence-corrected chi connectivity index (χ4v) is 6.12. The van der Waals surface area contributed by atoms with Crippen LogP contribution in [0.15, 0.2) is 18.5 Å². The van der Waals surface area contributed by atoms with Crippen LogP contribution in [0, 0.1) is 0 Å². The summed E-state index contributed by atoms with van der Waals surface area (Å²) in [5.74, 6) is 0. The smallest absolute Gasteiger partial charge is 0.245 e. The SMILES string of the molecule is CC(CO)N(C)S(=O)(=O)c1cc(Br)sc1Br. The second-order valence-corrected chi connectivity index (χ2v) is 8.96. The van der Waals surface area contributed by atoms with E-state index in [1.807, 2.05) is 0 Å². The van der Waals surface area contributed by atoms with Gasteiger partial charge in [-0.2, -0.15) is 4.31 Å². The summed E-state index contributed by atoms with van der Waals surface area (Å²) in [7, 11) is -2.10. The molecule has 0 radical (unpaired) electrons. The van der Waals surface area contributed by atoms with E-state index in [1.165, 1.54) is 18.4 Å². The summed E-state index contributed by atoms with van der Waals surface area (Å²) in [6.45, 7) is 1.44. The van der Waals surface area contributed by atoms with Gasteiger partial charge in [0.05, 0.1) is 14.2 Å². The number of halogens is 2. The van der Waals surface area contributed by atoms with E-state index in [-0.39, 0.29) is 11.5 Å². The summed E-state index contributed by atoms with van der Waals surface area (Å²) in [6.07, 6.45) is 0. The van der Waals surface area contributed by atoms with Gasteiger partial charge in [0.2, 0.25) is 10.0 Å². The van der Waals surface area contributed by atoms with E-state index in [2.05, 4.69) is 31.9 Å². The van der Waals surface area contributed by atoms with E-state index < -0.39 is 16.1 Å². The third-order valence-electron chi connectivity index (χ3n) is 2.17. The minimum absolute atomic E-state index is 0.210. The van der Waals surface area contributed by atoms with E-state index in [0.29, 0.717) is 3.79 Å². The number of thiophene rings is 1. The van der Waals surface area contributed by atoms with Crippen LogP contribution in [0.5, 0.6) is 0 Å². The highest BCUT2D eigenvalue weighted by atomic mass is 79.9. The van der Waals surface area contributed by atoms with Crippen molar-refractivity contribution in [2.45, 2.75) is 17.9 Å². The lowest BCUT2D eigenvalue weighted by atomic mass is 10.4. The molecule has 1 N–H and O–H groups in total. The highest BCUT2D eigenvalue weighted by Gasteiger charge is 2.28. The molecule has 0 saturated heterocycles. The van der Waals surface area contributed by atoms with Crippen LogP contribution in [0.3, 0.4) is 0 Å². The van der Waals surface area contributed by atoms with Crippen molar-refractivity contribution >= 4 is 53.2 Å². The largest absolute Gasteiger partial charge is 0.395 e. The average Bonchev–Trinajstić information content (AvgIpc) is 2.56. The first-order chi connectivity index (χ1) is 7.30. The molecule has 1 unspecified atom stereocenters. The van der Waals surface area contributed by atoms with Gasteiger partial charge in [0.25, 0.3) is 0 Å². The van der Waals surface area contributed by atoms with Crippen molar-refractivity contribution < 1.29 is 13.5 Å². The summed E-state index contributed by atoms with van der Waals surface area (Å²) >= 11 is 7.75. The molecule has 0 aliphatic rings. The molecule has 1 heterocycles. The number of sulfonamides is 1. The van der Waals surface area contributed by atoms with Crippen LogP contribution in [0.2, 0.25) is 0 Å². The first kappa shape index (κ1) is 14.6. The average molecular weight is 393 g/mol. The minimum Gasteiger partial charge on any atom is -0.395 e. The van der Waals surface area contributed by atoms with Crippen molar-refractivity contribution in [1.82, 2.24) is 4.31 Å². The molecule has 0 spiro atoms. The van der Waals surface area contributed by atoms with Gasteiger partial charge in [-0.25, -0.2) is 8.42 Å². The molecule has 0 bridgehead atoms. The summed E-state index contributed by atoms with van der Waals surface area (Å²) in [5, 5.41) is 8.97. The van der Waals surface area contributed by atoms with Crippen LogP contribution in [0.1, 0.15) is 6.92 Å². The number of rotatable bonds is 4. The molecule has 8 heteroatoms. The van der Waals surface area contributed by atoms with Crippen molar-refractivity contribution in [1.29, 1.82) is 0 Å². The number of nitrogens with zero attached hydrogens (tertiary/aromatic N) is 1. The van der Waals surface area contributed by atoms with Crippen molar-refractivity contribution in [3.63, 3.8) is 0 Å². The fraction of sp³-hybridized carbons (Fsp3) is 0.500. The Morgan fingerprint density at radius 2 is 2.12 bits per heavy atom. The molecular weight excluding hydrogens is 382 g/mol. The lowest BCUT2D eigenvalue weighted by Gasteiger charge is -2.22. The van der Waals surface area contributed by atoms with Gasteiger partial charge >= 0.3 is 0 Å². The Balaban J connectivity index is 3.17. The molecule has 1 aromatic rings. The molecule has 1 atom stereocenters. The second-order valence-electron chi connectivity index (χ2n) is 3.24. The molecule has 16 heavy (non-hydrogen) atoms. The highest BCUT2D eigenvalue weighted by Crippen LogP contribution is 2.36. The fourth-order valence-electron chi connectivity index (χ4n) is 1.01. The number of likely N-dealkylation sites (N-methyl/N-ethyl adjacent to an activating group) is 1. The van der Waals surface area contributed by atoms with Crippen molar-refractivity contribution in [3.8, 4) is 0 Å². The predicted molar refractivity (Wildman–Crippen MR) is 71.2 cm³/mol. The van der Waals surface area contributed by atoms with Crippen LogP contribution in [0.25, 0.3) is 0 Å². The van der Waals surface area contributed by atoms with Crippen LogP contribution in [0.4, 0.5) is 0 Å². The molecule has 0 amide bonds. The van der Waals surface area contributed by atoms with Gasteiger partial charge < -0.3 is 5.11 Å². The van der Waals surface area contributed by atoms with Gasteiger partial charge in [0.1, 0.15) is 4.90 Å². The van der Waals surface area contributed by atoms with Crippen LogP contribution < -0.4 is 0 Å². The normalized spacial score (nSPS) is 14.4. The van der Waals surface area contributed by atoms with Crippen molar-refractivity contribution in [2.75, 3.05) is 13.7 Å². The van der Waals surface area contributed by atoms with Crippen molar-refractivity contribution in [2.24, 2.45) is 0 Å². The topological polar surface area (TPSA) is 57.6 Å². The Labute approximate surface area is 116 Å². The van der Waals surface area contributed by atoms with Gasteiger partial charge in [-0.3, -0.25) is 0 Å². The molecule has 0 aliphatic heterocycles. The molecule has 1 rings (SSSR count). The maximum atomic E-state index is 12.1. The summed E-state index contributed by atoms with van der Waals surface area (Å²) in [6, 6.07) is 1.10. The zero-order valence-corrected chi connectivity index (χ0v) is 13.5. The maximum Gasteiger partial charge on any atom is 0.245 e. The quantitative estimate of drug-likeness (QED) is 0.854. The first-order valence-corrected chi connectivity index (χ1v) is 8.18. The van der Waals surface area contributed by atoms with Crippen LogP contribution in [-0.2, 0) is 10.0 Å². The Bertz CT molecular complexity index is 472. The Morgan fingerprint density at radius 3 is 2.50 bits per heavy atom.